The zero-order valence-corrected chi connectivity index (χ0v) is 27.5. The molecule has 1 amide bonds. The number of morpholine rings is 1. The predicted octanol–water partition coefficient (Wildman–Crippen LogP) is 5.83. The first-order valence-corrected chi connectivity index (χ1v) is 16.4. The number of pyridine rings is 2. The van der Waals surface area contributed by atoms with Crippen LogP contribution in [0.3, 0.4) is 0 Å². The number of rotatable bonds is 7. The standard InChI is InChI=1S/C37H41N7O4/c1-36(2,3)48-35(46)42-37(16-6-17-37)25-10-12-26(13-11-25)44-33(29-9-5-18-39-32(29)38)41-31-15-14-30(40-34(31)44)24-7-4-8-27(21-24)43-19-20-47-28(22-43)23-45/h4-5,7-15,18,21,28,45H,6,16-17,19-20,22-23H2,1-3H3,(H2,38,39)(H,42,46)/t28-/m1/s1. The van der Waals surface area contributed by atoms with E-state index in [0.29, 0.717) is 36.0 Å². The number of carbonyl (C=O) groups is 1. The van der Waals surface area contributed by atoms with Gasteiger partial charge in [-0.2, -0.15) is 0 Å². The summed E-state index contributed by atoms with van der Waals surface area (Å²) < 4.78 is 13.3. The molecule has 0 bridgehead atoms. The zero-order chi connectivity index (χ0) is 33.5. The maximum atomic E-state index is 12.8. The van der Waals surface area contributed by atoms with Gasteiger partial charge in [-0.1, -0.05) is 24.3 Å². The maximum Gasteiger partial charge on any atom is 0.408 e. The van der Waals surface area contributed by atoms with Gasteiger partial charge in [-0.05, 0) is 94.1 Å². The molecule has 7 rings (SSSR count). The minimum atomic E-state index is -0.579. The Bertz CT molecular complexity index is 1950. The van der Waals surface area contributed by atoms with Crippen LogP contribution in [0.15, 0.2) is 79.0 Å². The molecule has 11 nitrogen and oxygen atoms in total. The van der Waals surface area contributed by atoms with Crippen molar-refractivity contribution in [2.45, 2.75) is 57.3 Å². The van der Waals surface area contributed by atoms with Crippen LogP contribution in [-0.2, 0) is 15.0 Å². The van der Waals surface area contributed by atoms with Gasteiger partial charge in [-0.15, -0.1) is 0 Å². The number of aliphatic hydroxyl groups excluding tert-OH is 1. The van der Waals surface area contributed by atoms with E-state index in [4.69, 9.17) is 25.2 Å². The molecular weight excluding hydrogens is 606 g/mol. The molecule has 1 saturated carbocycles. The third-order valence-electron chi connectivity index (χ3n) is 9.06. The summed E-state index contributed by atoms with van der Waals surface area (Å²) in [4.78, 5) is 29.5. The lowest BCUT2D eigenvalue weighted by Gasteiger charge is -2.43. The molecule has 11 heteroatoms. The molecule has 5 aromatic rings. The minimum Gasteiger partial charge on any atom is -0.444 e. The number of aromatic nitrogens is 4. The molecule has 0 radical (unpaired) electrons. The highest BCUT2D eigenvalue weighted by Crippen LogP contribution is 2.42. The van der Waals surface area contributed by atoms with E-state index in [-0.39, 0.29) is 12.7 Å². The van der Waals surface area contributed by atoms with Crippen molar-refractivity contribution in [3.63, 3.8) is 0 Å². The van der Waals surface area contributed by atoms with Crippen LogP contribution in [0.1, 0.15) is 45.6 Å². The first kappa shape index (κ1) is 31.6. The fourth-order valence-electron chi connectivity index (χ4n) is 6.52. The molecule has 1 saturated heterocycles. The van der Waals surface area contributed by atoms with Gasteiger partial charge in [-0.25, -0.2) is 19.7 Å². The molecule has 2 fully saturated rings. The summed E-state index contributed by atoms with van der Waals surface area (Å²) in [6, 6.07) is 24.2. The summed E-state index contributed by atoms with van der Waals surface area (Å²) in [7, 11) is 0. The van der Waals surface area contributed by atoms with Gasteiger partial charge in [0.15, 0.2) is 11.5 Å². The van der Waals surface area contributed by atoms with Gasteiger partial charge in [0.05, 0.1) is 36.1 Å². The van der Waals surface area contributed by atoms with Crippen LogP contribution in [0, 0.1) is 0 Å². The van der Waals surface area contributed by atoms with Gasteiger partial charge >= 0.3 is 6.09 Å². The number of carbonyl (C=O) groups excluding carboxylic acids is 1. The predicted molar refractivity (Wildman–Crippen MR) is 186 cm³/mol. The topological polar surface area (TPSA) is 141 Å². The Morgan fingerprint density at radius 1 is 1.06 bits per heavy atom. The molecule has 1 aliphatic carbocycles. The zero-order valence-electron chi connectivity index (χ0n) is 27.5. The first-order valence-electron chi connectivity index (χ1n) is 16.4. The lowest BCUT2D eigenvalue weighted by atomic mass is 9.72. The molecular formula is C37H41N7O4. The first-order chi connectivity index (χ1) is 23.1. The Labute approximate surface area is 279 Å². The van der Waals surface area contributed by atoms with Gasteiger partial charge in [0.1, 0.15) is 16.9 Å². The van der Waals surface area contributed by atoms with E-state index in [1.807, 2.05) is 73.9 Å². The highest BCUT2D eigenvalue weighted by Gasteiger charge is 2.41. The van der Waals surface area contributed by atoms with Gasteiger partial charge in [0, 0.05) is 36.2 Å². The Hall–Kier alpha value is -5.00. The van der Waals surface area contributed by atoms with E-state index in [1.54, 1.807) is 6.20 Å². The number of hydrogen-bond donors (Lipinski definition) is 3. The van der Waals surface area contributed by atoms with Crippen LogP contribution < -0.4 is 16.0 Å². The number of anilines is 2. The number of ether oxygens (including phenoxy) is 2. The molecule has 3 aromatic heterocycles. The van der Waals surface area contributed by atoms with Crippen molar-refractivity contribution in [3.8, 4) is 28.3 Å². The SMILES string of the molecule is CC(C)(C)OC(=O)NC1(c2ccc(-n3c(-c4cccnc4N)nc4ccc(-c5cccc(N6CCO[C@@H](CO)C6)c5)nc43)cc2)CCC1. The lowest BCUT2D eigenvalue weighted by Crippen LogP contribution is -2.52. The number of fused-ring (bicyclic) bond motifs is 1. The van der Waals surface area contributed by atoms with E-state index in [1.165, 1.54) is 0 Å². The number of hydrogen-bond acceptors (Lipinski definition) is 9. The number of aliphatic hydroxyl groups is 1. The average Bonchev–Trinajstić information content (AvgIpc) is 3.44. The van der Waals surface area contributed by atoms with Crippen LogP contribution in [-0.4, -0.2) is 68.7 Å². The van der Waals surface area contributed by atoms with E-state index in [2.05, 4.69) is 39.5 Å². The molecule has 0 unspecified atom stereocenters. The van der Waals surface area contributed by atoms with Crippen LogP contribution >= 0.6 is 0 Å². The third-order valence-corrected chi connectivity index (χ3v) is 9.06. The summed E-state index contributed by atoms with van der Waals surface area (Å²) in [5, 5.41) is 12.8. The Kier molecular flexibility index (Phi) is 8.26. The van der Waals surface area contributed by atoms with Crippen molar-refractivity contribution >= 4 is 28.8 Å². The van der Waals surface area contributed by atoms with Crippen molar-refractivity contribution in [3.05, 3.63) is 84.6 Å². The van der Waals surface area contributed by atoms with Crippen molar-refractivity contribution < 1.29 is 19.4 Å². The largest absolute Gasteiger partial charge is 0.444 e. The normalized spacial score (nSPS) is 17.6. The highest BCUT2D eigenvalue weighted by molar-refractivity contribution is 5.85. The second-order valence-corrected chi connectivity index (χ2v) is 13.5. The second-order valence-electron chi connectivity index (χ2n) is 13.5. The molecule has 4 N–H and O–H groups in total. The monoisotopic (exact) mass is 647 g/mol. The molecule has 48 heavy (non-hydrogen) atoms. The van der Waals surface area contributed by atoms with Crippen molar-refractivity contribution in [1.82, 2.24) is 24.8 Å². The van der Waals surface area contributed by atoms with Crippen LogP contribution in [0.4, 0.5) is 16.3 Å². The Morgan fingerprint density at radius 3 is 2.58 bits per heavy atom. The van der Waals surface area contributed by atoms with E-state index < -0.39 is 17.2 Å². The number of imidazole rings is 1. The Morgan fingerprint density at radius 2 is 1.88 bits per heavy atom. The smallest absolute Gasteiger partial charge is 0.408 e. The minimum absolute atomic E-state index is 0.00952. The van der Waals surface area contributed by atoms with Crippen molar-refractivity contribution in [2.24, 2.45) is 0 Å². The van der Waals surface area contributed by atoms with E-state index >= 15 is 0 Å². The fraction of sp³-hybridized carbons (Fsp3) is 0.351. The molecule has 2 aromatic carbocycles. The summed E-state index contributed by atoms with van der Waals surface area (Å²) in [5.41, 5.74) is 12.1. The van der Waals surface area contributed by atoms with E-state index in [9.17, 15) is 9.90 Å². The van der Waals surface area contributed by atoms with Gasteiger partial charge in [-0.3, -0.25) is 4.57 Å². The average molecular weight is 648 g/mol. The molecule has 248 valence electrons. The van der Waals surface area contributed by atoms with Crippen molar-refractivity contribution in [2.75, 3.05) is 36.9 Å². The maximum absolute atomic E-state index is 12.8. The van der Waals surface area contributed by atoms with Crippen LogP contribution in [0.25, 0.3) is 39.5 Å². The van der Waals surface area contributed by atoms with E-state index in [0.717, 1.165) is 59.5 Å². The van der Waals surface area contributed by atoms with Crippen LogP contribution in [0.2, 0.25) is 0 Å². The van der Waals surface area contributed by atoms with Gasteiger partial charge < -0.3 is 30.5 Å². The fourth-order valence-corrected chi connectivity index (χ4v) is 6.52. The molecule has 0 spiro atoms. The molecule has 1 aliphatic heterocycles. The third kappa shape index (κ3) is 6.18. The molecule has 2 aliphatic rings. The number of nitrogens with zero attached hydrogens (tertiary/aromatic N) is 5. The number of amides is 1. The quantitative estimate of drug-likeness (QED) is 0.199. The number of benzene rings is 2. The summed E-state index contributed by atoms with van der Waals surface area (Å²) in [5.74, 6) is 1.01. The number of nitrogen functional groups attached to an aromatic ring is 1. The second kappa shape index (κ2) is 12.6. The Balaban J connectivity index is 1.28. The summed E-state index contributed by atoms with van der Waals surface area (Å²) in [6.45, 7) is 7.53. The molecule has 4 heterocycles. The molecule has 1 atom stereocenters. The van der Waals surface area contributed by atoms with Crippen LogP contribution in [0.5, 0.6) is 0 Å². The van der Waals surface area contributed by atoms with Gasteiger partial charge in [0.2, 0.25) is 0 Å². The summed E-state index contributed by atoms with van der Waals surface area (Å²) in [6.07, 6.45) is 3.75. The summed E-state index contributed by atoms with van der Waals surface area (Å²) >= 11 is 0. The van der Waals surface area contributed by atoms with Gasteiger partial charge in [0.25, 0.3) is 0 Å². The number of nitrogens with two attached hydrogens (primary N) is 1. The highest BCUT2D eigenvalue weighted by atomic mass is 16.6. The number of alkyl carbamates (subject to hydrolysis) is 1. The lowest BCUT2D eigenvalue weighted by molar-refractivity contribution is 0.00357. The van der Waals surface area contributed by atoms with Crippen molar-refractivity contribution in [1.29, 1.82) is 0 Å². The number of nitrogens with one attached hydrogen (secondary N) is 1.